The Kier molecular flexibility index (Phi) is 11.6. The van der Waals surface area contributed by atoms with E-state index < -0.39 is 28.5 Å². The van der Waals surface area contributed by atoms with Crippen molar-refractivity contribution >= 4 is 50.7 Å². The molecule has 0 heterocycles. The highest BCUT2D eigenvalue weighted by Gasteiger charge is 2.34. The van der Waals surface area contributed by atoms with Gasteiger partial charge in [-0.1, -0.05) is 85.1 Å². The van der Waals surface area contributed by atoms with E-state index in [4.69, 9.17) is 23.2 Å². The van der Waals surface area contributed by atoms with Gasteiger partial charge in [0.15, 0.2) is 0 Å². The van der Waals surface area contributed by atoms with E-state index in [0.717, 1.165) is 21.9 Å². The molecule has 3 rings (SSSR count). The molecule has 0 spiro atoms. The molecular weight excluding hydrogens is 581 g/mol. The number of aryl methyl sites for hydroxylation is 1. The molecule has 2 amide bonds. The summed E-state index contributed by atoms with van der Waals surface area (Å²) < 4.78 is 28.9. The predicted octanol–water partition coefficient (Wildman–Crippen LogP) is 6.26. The summed E-state index contributed by atoms with van der Waals surface area (Å²) in [6, 6.07) is 19.6. The molecular formula is C31H37Cl2N3O4S. The third-order valence-corrected chi connectivity index (χ3v) is 9.48. The molecule has 0 aliphatic carbocycles. The summed E-state index contributed by atoms with van der Waals surface area (Å²) >= 11 is 12.4. The van der Waals surface area contributed by atoms with E-state index in [1.807, 2.05) is 58.0 Å². The zero-order valence-electron chi connectivity index (χ0n) is 23.8. The summed E-state index contributed by atoms with van der Waals surface area (Å²) in [5.41, 5.74) is 2.08. The summed E-state index contributed by atoms with van der Waals surface area (Å²) in [5, 5.41) is 3.39. The van der Waals surface area contributed by atoms with Crippen molar-refractivity contribution in [1.82, 2.24) is 10.2 Å². The zero-order valence-corrected chi connectivity index (χ0v) is 26.1. The van der Waals surface area contributed by atoms with Crippen LogP contribution in [-0.4, -0.2) is 50.3 Å². The van der Waals surface area contributed by atoms with E-state index in [9.17, 15) is 18.0 Å². The van der Waals surface area contributed by atoms with Gasteiger partial charge in [-0.15, -0.1) is 0 Å². The minimum Gasteiger partial charge on any atom is -0.352 e. The number of rotatable bonds is 13. The number of carbonyl (C=O) groups is 2. The molecule has 7 nitrogen and oxygen atoms in total. The third kappa shape index (κ3) is 8.47. The predicted molar refractivity (Wildman–Crippen MR) is 166 cm³/mol. The van der Waals surface area contributed by atoms with Crippen LogP contribution >= 0.6 is 23.2 Å². The van der Waals surface area contributed by atoms with Gasteiger partial charge in [-0.25, -0.2) is 8.42 Å². The molecule has 3 aromatic rings. The average molecular weight is 619 g/mol. The fourth-order valence-corrected chi connectivity index (χ4v) is 6.04. The Morgan fingerprint density at radius 3 is 2.15 bits per heavy atom. The monoisotopic (exact) mass is 617 g/mol. The van der Waals surface area contributed by atoms with Crippen LogP contribution in [0.4, 0.5) is 5.69 Å². The van der Waals surface area contributed by atoms with Gasteiger partial charge >= 0.3 is 0 Å². The highest BCUT2D eigenvalue weighted by Crippen LogP contribution is 2.31. The van der Waals surface area contributed by atoms with Crippen LogP contribution in [-0.2, 0) is 26.0 Å². The molecule has 0 aromatic heterocycles. The number of amides is 2. The van der Waals surface area contributed by atoms with E-state index in [0.29, 0.717) is 12.8 Å². The van der Waals surface area contributed by atoms with Gasteiger partial charge in [-0.05, 0) is 69.0 Å². The molecule has 2 atom stereocenters. The summed E-state index contributed by atoms with van der Waals surface area (Å²) in [6.45, 7) is 7.27. The van der Waals surface area contributed by atoms with E-state index in [1.54, 1.807) is 12.1 Å². The second-order valence-corrected chi connectivity index (χ2v) is 12.7. The van der Waals surface area contributed by atoms with E-state index in [2.05, 4.69) is 5.32 Å². The van der Waals surface area contributed by atoms with Crippen LogP contribution in [0.25, 0.3) is 0 Å². The van der Waals surface area contributed by atoms with Gasteiger partial charge in [-0.3, -0.25) is 13.9 Å². The number of benzene rings is 3. The van der Waals surface area contributed by atoms with Crippen molar-refractivity contribution in [3.63, 3.8) is 0 Å². The number of sulfonamides is 1. The first-order valence-electron chi connectivity index (χ1n) is 13.7. The average Bonchev–Trinajstić information content (AvgIpc) is 2.95. The Morgan fingerprint density at radius 1 is 0.902 bits per heavy atom. The van der Waals surface area contributed by atoms with Gasteiger partial charge in [0.25, 0.3) is 10.0 Å². The van der Waals surface area contributed by atoms with Crippen LogP contribution in [0.5, 0.6) is 0 Å². The van der Waals surface area contributed by atoms with Crippen molar-refractivity contribution in [3.05, 3.63) is 94.0 Å². The van der Waals surface area contributed by atoms with Crippen LogP contribution in [0.3, 0.4) is 0 Å². The second-order valence-electron chi connectivity index (χ2n) is 9.99. The summed E-state index contributed by atoms with van der Waals surface area (Å²) in [7, 11) is -4.19. The summed E-state index contributed by atoms with van der Waals surface area (Å²) in [4.78, 5) is 28.9. The van der Waals surface area contributed by atoms with Crippen LogP contribution in [0.2, 0.25) is 10.0 Å². The molecule has 220 valence electrons. The van der Waals surface area contributed by atoms with Crippen molar-refractivity contribution < 1.29 is 18.0 Å². The number of carbonyl (C=O) groups excluding carboxylic acids is 2. The van der Waals surface area contributed by atoms with E-state index >= 15 is 0 Å². The highest BCUT2D eigenvalue weighted by molar-refractivity contribution is 7.92. The molecule has 0 saturated heterocycles. The van der Waals surface area contributed by atoms with E-state index in [-0.39, 0.29) is 39.1 Å². The summed E-state index contributed by atoms with van der Waals surface area (Å²) in [5.74, 6) is -0.778. The third-order valence-electron chi connectivity index (χ3n) is 6.95. The lowest BCUT2D eigenvalue weighted by Gasteiger charge is -2.33. The molecule has 10 heteroatoms. The fourth-order valence-electron chi connectivity index (χ4n) is 4.34. The largest absolute Gasteiger partial charge is 0.352 e. The Labute approximate surface area is 253 Å². The number of hydrogen-bond acceptors (Lipinski definition) is 4. The molecule has 3 aromatic carbocycles. The van der Waals surface area contributed by atoms with Crippen LogP contribution in [0.15, 0.2) is 77.7 Å². The number of nitrogens with zero attached hydrogens (tertiary/aromatic N) is 2. The zero-order chi connectivity index (χ0) is 30.2. The van der Waals surface area contributed by atoms with Crippen molar-refractivity contribution in [1.29, 1.82) is 0 Å². The first-order valence-corrected chi connectivity index (χ1v) is 15.9. The Bertz CT molecular complexity index is 1430. The van der Waals surface area contributed by atoms with Crippen LogP contribution < -0.4 is 9.62 Å². The van der Waals surface area contributed by atoms with Gasteiger partial charge in [0.05, 0.1) is 20.6 Å². The number of anilines is 1. The number of nitrogens with one attached hydrogen (secondary N) is 1. The van der Waals surface area contributed by atoms with Crippen molar-refractivity contribution in [3.8, 4) is 0 Å². The lowest BCUT2D eigenvalue weighted by Crippen LogP contribution is -2.54. The van der Waals surface area contributed by atoms with Gasteiger partial charge < -0.3 is 10.2 Å². The summed E-state index contributed by atoms with van der Waals surface area (Å²) in [6.07, 6.45) is 1.59. The maximum atomic E-state index is 14.1. The van der Waals surface area contributed by atoms with Gasteiger partial charge in [0.1, 0.15) is 12.6 Å². The van der Waals surface area contributed by atoms with Gasteiger partial charge in [-0.2, -0.15) is 0 Å². The van der Waals surface area contributed by atoms with E-state index in [1.165, 1.54) is 35.2 Å². The maximum Gasteiger partial charge on any atom is 0.264 e. The minimum atomic E-state index is -4.19. The molecule has 1 N–H and O–H groups in total. The lowest BCUT2D eigenvalue weighted by molar-refractivity contribution is -0.139. The second kappa shape index (κ2) is 14.7. The quantitative estimate of drug-likeness (QED) is 0.245. The van der Waals surface area contributed by atoms with Gasteiger partial charge in [0, 0.05) is 12.6 Å². The molecule has 0 fully saturated rings. The molecule has 0 aliphatic rings. The van der Waals surface area contributed by atoms with Crippen molar-refractivity contribution in [2.45, 2.75) is 63.9 Å². The smallest absolute Gasteiger partial charge is 0.264 e. The number of halogens is 2. The molecule has 0 aliphatic heterocycles. The molecule has 0 bridgehead atoms. The Morgan fingerprint density at radius 2 is 1.56 bits per heavy atom. The van der Waals surface area contributed by atoms with Gasteiger partial charge in [0.2, 0.25) is 11.8 Å². The Balaban J connectivity index is 2.03. The fraction of sp³-hybridized carbons (Fsp3) is 0.355. The topological polar surface area (TPSA) is 86.8 Å². The first-order chi connectivity index (χ1) is 19.5. The maximum absolute atomic E-state index is 14.1. The molecule has 0 saturated carbocycles. The Hall–Kier alpha value is -3.07. The molecule has 0 unspecified atom stereocenters. The standard InChI is InChI=1S/C31H37Cl2N3O4S/c1-5-23(4)34-31(38)29(6-2)35(19-18-24-10-8-7-9-11-24)30(37)21-36(25-14-17-27(32)28(33)20-25)41(39,40)26-15-12-22(3)13-16-26/h7-17,20,23,29H,5-6,18-19,21H2,1-4H3,(H,34,38)/t23-,29-/m0/s1. The van der Waals surface area contributed by atoms with Crippen LogP contribution in [0.1, 0.15) is 44.7 Å². The van der Waals surface area contributed by atoms with Crippen molar-refractivity contribution in [2.75, 3.05) is 17.4 Å². The van der Waals surface area contributed by atoms with Crippen molar-refractivity contribution in [2.24, 2.45) is 0 Å². The first kappa shape index (κ1) is 32.4. The molecule has 41 heavy (non-hydrogen) atoms. The lowest BCUT2D eigenvalue weighted by atomic mass is 10.1. The normalized spacial score (nSPS) is 12.8. The SMILES string of the molecule is CC[C@H](C)NC(=O)[C@H](CC)N(CCc1ccccc1)C(=O)CN(c1ccc(Cl)c(Cl)c1)S(=O)(=O)c1ccc(C)cc1. The minimum absolute atomic E-state index is 0.0272. The van der Waals surface area contributed by atoms with Crippen LogP contribution in [0, 0.1) is 6.92 Å². The molecule has 0 radical (unpaired) electrons. The number of hydrogen-bond donors (Lipinski definition) is 1. The highest BCUT2D eigenvalue weighted by atomic mass is 35.5.